The normalized spacial score (nSPS) is 23.1. The molecule has 5 nitrogen and oxygen atoms in total. The fourth-order valence-corrected chi connectivity index (χ4v) is 3.05. The minimum Gasteiger partial charge on any atom is -0.368 e. The highest BCUT2D eigenvalue weighted by atomic mass is 16.2. The van der Waals surface area contributed by atoms with Gasteiger partial charge in [-0.05, 0) is 17.9 Å². The van der Waals surface area contributed by atoms with E-state index in [0.717, 1.165) is 25.1 Å². The molecule has 0 unspecified atom stereocenters. The molecule has 0 aliphatic carbocycles. The van der Waals surface area contributed by atoms with Crippen LogP contribution in [0.3, 0.4) is 0 Å². The highest BCUT2D eigenvalue weighted by molar-refractivity contribution is 5.81. The van der Waals surface area contributed by atoms with Crippen LogP contribution in [0.4, 0.5) is 0 Å². The number of primary amides is 1. The summed E-state index contributed by atoms with van der Waals surface area (Å²) in [7, 11) is 0. The molecule has 0 saturated carbocycles. The van der Waals surface area contributed by atoms with E-state index in [-0.39, 0.29) is 23.8 Å². The van der Waals surface area contributed by atoms with Gasteiger partial charge in [0.15, 0.2) is 0 Å². The molecule has 0 radical (unpaired) electrons. The van der Waals surface area contributed by atoms with Crippen LogP contribution in [0.25, 0.3) is 0 Å². The largest absolute Gasteiger partial charge is 0.368 e. The Labute approximate surface area is 131 Å². The van der Waals surface area contributed by atoms with Crippen molar-refractivity contribution in [2.24, 2.45) is 11.7 Å². The average molecular weight is 303 g/mol. The van der Waals surface area contributed by atoms with Crippen LogP contribution < -0.4 is 11.1 Å². The predicted octanol–water partition coefficient (Wildman–Crippen LogP) is 1.45. The third-order valence-corrected chi connectivity index (χ3v) is 4.36. The Morgan fingerprint density at radius 2 is 2.05 bits per heavy atom. The summed E-state index contributed by atoms with van der Waals surface area (Å²) in [5.74, 6) is 0.111. The number of nitrogens with two attached hydrogens (primary N) is 1. The smallest absolute Gasteiger partial charge is 0.239 e. The number of benzene rings is 1. The van der Waals surface area contributed by atoms with E-state index < -0.39 is 6.04 Å². The van der Waals surface area contributed by atoms with E-state index in [1.165, 1.54) is 0 Å². The van der Waals surface area contributed by atoms with Gasteiger partial charge in [-0.25, -0.2) is 0 Å². The van der Waals surface area contributed by atoms with Crippen molar-refractivity contribution < 1.29 is 9.59 Å². The number of hydrogen-bond donors (Lipinski definition) is 2. The molecule has 0 bridgehead atoms. The SMILES string of the molecule is CCC(=O)N1CC[C@H](N[C@H](C(N)=O)c2ccccc2)[C@@H](C)C1. The van der Waals surface area contributed by atoms with Gasteiger partial charge in [0.25, 0.3) is 0 Å². The third-order valence-electron chi connectivity index (χ3n) is 4.36. The zero-order chi connectivity index (χ0) is 16.1. The summed E-state index contributed by atoms with van der Waals surface area (Å²) >= 11 is 0. The van der Waals surface area contributed by atoms with Crippen molar-refractivity contribution in [1.82, 2.24) is 10.2 Å². The molecule has 0 aromatic heterocycles. The van der Waals surface area contributed by atoms with Crippen molar-refractivity contribution >= 4 is 11.8 Å². The molecule has 3 atom stereocenters. The molecule has 120 valence electrons. The Morgan fingerprint density at radius 1 is 1.36 bits per heavy atom. The monoisotopic (exact) mass is 303 g/mol. The molecule has 1 saturated heterocycles. The molecule has 1 heterocycles. The second-order valence-electron chi connectivity index (χ2n) is 5.98. The van der Waals surface area contributed by atoms with E-state index in [1.54, 1.807) is 0 Å². The summed E-state index contributed by atoms with van der Waals surface area (Å²) in [6.07, 6.45) is 1.38. The molecule has 3 N–H and O–H groups in total. The maximum Gasteiger partial charge on any atom is 0.239 e. The lowest BCUT2D eigenvalue weighted by atomic mass is 9.92. The summed E-state index contributed by atoms with van der Waals surface area (Å²) in [6.45, 7) is 5.45. The summed E-state index contributed by atoms with van der Waals surface area (Å²) in [6, 6.07) is 9.23. The van der Waals surface area contributed by atoms with Crippen LogP contribution in [0.2, 0.25) is 0 Å². The number of carbonyl (C=O) groups excluding carboxylic acids is 2. The molecule has 1 aromatic carbocycles. The van der Waals surface area contributed by atoms with E-state index in [9.17, 15) is 9.59 Å². The van der Waals surface area contributed by atoms with Crippen molar-refractivity contribution in [3.05, 3.63) is 35.9 Å². The molecule has 5 heteroatoms. The Bertz CT molecular complexity index is 518. The Morgan fingerprint density at radius 3 is 2.59 bits per heavy atom. The van der Waals surface area contributed by atoms with Crippen LogP contribution in [-0.2, 0) is 9.59 Å². The number of likely N-dealkylation sites (tertiary alicyclic amines) is 1. The first-order valence-electron chi connectivity index (χ1n) is 7.91. The molecule has 1 aromatic rings. The fourth-order valence-electron chi connectivity index (χ4n) is 3.05. The third kappa shape index (κ3) is 3.85. The Hall–Kier alpha value is -1.88. The first-order chi connectivity index (χ1) is 10.5. The zero-order valence-corrected chi connectivity index (χ0v) is 13.3. The first-order valence-corrected chi connectivity index (χ1v) is 7.91. The van der Waals surface area contributed by atoms with Gasteiger partial charge in [-0.3, -0.25) is 14.9 Å². The number of amides is 2. The maximum absolute atomic E-state index is 11.8. The van der Waals surface area contributed by atoms with Crippen LogP contribution in [-0.4, -0.2) is 35.8 Å². The molecule has 2 amide bonds. The number of rotatable bonds is 5. The van der Waals surface area contributed by atoms with Crippen LogP contribution in [0.1, 0.15) is 38.3 Å². The van der Waals surface area contributed by atoms with Gasteiger partial charge in [0.2, 0.25) is 11.8 Å². The van der Waals surface area contributed by atoms with Gasteiger partial charge >= 0.3 is 0 Å². The minimum absolute atomic E-state index is 0.179. The van der Waals surface area contributed by atoms with E-state index in [4.69, 9.17) is 5.73 Å². The highest BCUT2D eigenvalue weighted by Gasteiger charge is 2.31. The number of nitrogens with zero attached hydrogens (tertiary/aromatic N) is 1. The van der Waals surface area contributed by atoms with Crippen LogP contribution in [0.5, 0.6) is 0 Å². The summed E-state index contributed by atoms with van der Waals surface area (Å²) in [5.41, 5.74) is 6.45. The lowest BCUT2D eigenvalue weighted by Gasteiger charge is -2.38. The maximum atomic E-state index is 11.8. The van der Waals surface area contributed by atoms with Gasteiger partial charge < -0.3 is 10.6 Å². The van der Waals surface area contributed by atoms with Crippen LogP contribution >= 0.6 is 0 Å². The Balaban J connectivity index is 2.03. The lowest BCUT2D eigenvalue weighted by molar-refractivity contribution is -0.133. The van der Waals surface area contributed by atoms with Crippen molar-refractivity contribution in [3.8, 4) is 0 Å². The summed E-state index contributed by atoms with van der Waals surface area (Å²) < 4.78 is 0. The molecule has 1 aliphatic rings. The first kappa shape index (κ1) is 16.5. The second kappa shape index (κ2) is 7.40. The van der Waals surface area contributed by atoms with Crippen LogP contribution in [0, 0.1) is 5.92 Å². The number of hydrogen-bond acceptors (Lipinski definition) is 3. The van der Waals surface area contributed by atoms with E-state index >= 15 is 0 Å². The van der Waals surface area contributed by atoms with Gasteiger partial charge in [-0.1, -0.05) is 44.2 Å². The number of nitrogens with one attached hydrogen (secondary N) is 1. The summed E-state index contributed by atoms with van der Waals surface area (Å²) in [5, 5.41) is 3.39. The molecular formula is C17H25N3O2. The van der Waals surface area contributed by atoms with Gasteiger partial charge in [0, 0.05) is 25.6 Å². The van der Waals surface area contributed by atoms with Gasteiger partial charge in [-0.15, -0.1) is 0 Å². The number of carbonyl (C=O) groups is 2. The van der Waals surface area contributed by atoms with Crippen molar-refractivity contribution in [2.45, 2.75) is 38.8 Å². The number of piperidine rings is 1. The highest BCUT2D eigenvalue weighted by Crippen LogP contribution is 2.21. The van der Waals surface area contributed by atoms with Crippen molar-refractivity contribution in [1.29, 1.82) is 0 Å². The van der Waals surface area contributed by atoms with E-state index in [2.05, 4.69) is 12.2 Å². The average Bonchev–Trinajstić information content (AvgIpc) is 2.53. The molecule has 1 fully saturated rings. The zero-order valence-electron chi connectivity index (χ0n) is 13.3. The minimum atomic E-state index is -0.484. The van der Waals surface area contributed by atoms with E-state index in [0.29, 0.717) is 6.42 Å². The molecule has 22 heavy (non-hydrogen) atoms. The van der Waals surface area contributed by atoms with Crippen molar-refractivity contribution in [3.63, 3.8) is 0 Å². The van der Waals surface area contributed by atoms with Gasteiger partial charge in [-0.2, -0.15) is 0 Å². The quantitative estimate of drug-likeness (QED) is 0.864. The van der Waals surface area contributed by atoms with Crippen molar-refractivity contribution in [2.75, 3.05) is 13.1 Å². The van der Waals surface area contributed by atoms with Gasteiger partial charge in [0.05, 0.1) is 0 Å². The Kier molecular flexibility index (Phi) is 5.55. The molecule has 1 aliphatic heterocycles. The standard InChI is InChI=1S/C17H25N3O2/c1-3-15(21)20-10-9-14(12(2)11-20)19-16(17(18)22)13-7-5-4-6-8-13/h4-8,12,14,16,19H,3,9-11H2,1-2H3,(H2,18,22)/t12-,14-,16-/m0/s1. The molecule has 2 rings (SSSR count). The fraction of sp³-hybridized carbons (Fsp3) is 0.529. The molecule has 0 spiro atoms. The topological polar surface area (TPSA) is 75.4 Å². The van der Waals surface area contributed by atoms with Crippen LogP contribution in [0.15, 0.2) is 30.3 Å². The predicted molar refractivity (Wildman–Crippen MR) is 86.0 cm³/mol. The second-order valence-corrected chi connectivity index (χ2v) is 5.98. The summed E-state index contributed by atoms with van der Waals surface area (Å²) in [4.78, 5) is 25.5. The van der Waals surface area contributed by atoms with E-state index in [1.807, 2.05) is 42.2 Å². The lowest BCUT2D eigenvalue weighted by Crippen LogP contribution is -2.52. The van der Waals surface area contributed by atoms with Gasteiger partial charge in [0.1, 0.15) is 6.04 Å². The molecular weight excluding hydrogens is 278 g/mol.